The highest BCUT2D eigenvalue weighted by Gasteiger charge is 2.06. The molecular formula is C12H11N3. The lowest BCUT2D eigenvalue weighted by Crippen LogP contribution is -1.86. The number of aryl methyl sites for hydroxylation is 1. The molecule has 1 aromatic heterocycles. The number of benzene rings is 1. The summed E-state index contributed by atoms with van der Waals surface area (Å²) in [5.41, 5.74) is 3.23. The van der Waals surface area contributed by atoms with E-state index < -0.39 is 0 Å². The van der Waals surface area contributed by atoms with Gasteiger partial charge in [0.25, 0.3) is 0 Å². The van der Waals surface area contributed by atoms with E-state index in [-0.39, 0.29) is 0 Å². The highest BCUT2D eigenvalue weighted by atomic mass is 15.1. The van der Waals surface area contributed by atoms with Gasteiger partial charge in [0.15, 0.2) is 0 Å². The number of nitrogens with zero attached hydrogens (tertiary/aromatic N) is 2. The van der Waals surface area contributed by atoms with Crippen molar-refractivity contribution in [2.45, 2.75) is 12.8 Å². The smallest absolute Gasteiger partial charge is 0.0682 e. The predicted octanol–water partition coefficient (Wildman–Crippen LogP) is 2.53. The summed E-state index contributed by atoms with van der Waals surface area (Å²) in [5.74, 6) is 0. The number of rotatable bonds is 3. The van der Waals surface area contributed by atoms with Crippen LogP contribution in [0.15, 0.2) is 36.5 Å². The fourth-order valence-electron chi connectivity index (χ4n) is 1.55. The van der Waals surface area contributed by atoms with Crippen LogP contribution in [-0.4, -0.2) is 10.2 Å². The number of aromatic amines is 1. The lowest BCUT2D eigenvalue weighted by molar-refractivity contribution is 1.01. The van der Waals surface area contributed by atoms with E-state index in [2.05, 4.69) is 16.3 Å². The standard InChI is InChI=1S/C12H11N3/c13-8-4-7-11-9-14-15-12(11)10-5-2-1-3-6-10/h1-3,5-6,9H,4,7H2,(H,14,15). The molecule has 0 amide bonds. The topological polar surface area (TPSA) is 52.5 Å². The molecule has 0 bridgehead atoms. The molecule has 0 aliphatic carbocycles. The summed E-state index contributed by atoms with van der Waals surface area (Å²) in [6, 6.07) is 12.2. The first kappa shape index (κ1) is 9.47. The second-order valence-corrected chi connectivity index (χ2v) is 3.29. The van der Waals surface area contributed by atoms with Crippen molar-refractivity contribution in [2.24, 2.45) is 0 Å². The third-order valence-electron chi connectivity index (χ3n) is 2.29. The normalized spacial score (nSPS) is 9.80. The molecule has 74 valence electrons. The van der Waals surface area contributed by atoms with Gasteiger partial charge in [-0.3, -0.25) is 5.10 Å². The van der Waals surface area contributed by atoms with Crippen LogP contribution in [0.5, 0.6) is 0 Å². The number of aromatic nitrogens is 2. The molecule has 0 spiro atoms. The molecule has 3 nitrogen and oxygen atoms in total. The number of nitriles is 1. The van der Waals surface area contributed by atoms with Crippen LogP contribution in [-0.2, 0) is 6.42 Å². The van der Waals surface area contributed by atoms with Crippen molar-refractivity contribution in [1.82, 2.24) is 10.2 Å². The van der Waals surface area contributed by atoms with Crippen molar-refractivity contribution < 1.29 is 0 Å². The van der Waals surface area contributed by atoms with Crippen LogP contribution >= 0.6 is 0 Å². The van der Waals surface area contributed by atoms with Gasteiger partial charge in [-0.25, -0.2) is 0 Å². The Morgan fingerprint density at radius 2 is 2.07 bits per heavy atom. The number of nitrogens with one attached hydrogen (secondary N) is 1. The van der Waals surface area contributed by atoms with Gasteiger partial charge in [-0.05, 0) is 17.5 Å². The van der Waals surface area contributed by atoms with Crippen molar-refractivity contribution in [1.29, 1.82) is 5.26 Å². The second kappa shape index (κ2) is 4.43. The highest BCUT2D eigenvalue weighted by Crippen LogP contribution is 2.21. The second-order valence-electron chi connectivity index (χ2n) is 3.29. The summed E-state index contributed by atoms with van der Waals surface area (Å²) in [7, 11) is 0. The van der Waals surface area contributed by atoms with Gasteiger partial charge < -0.3 is 0 Å². The van der Waals surface area contributed by atoms with E-state index in [1.807, 2.05) is 30.3 Å². The van der Waals surface area contributed by atoms with Crippen molar-refractivity contribution in [3.63, 3.8) is 0 Å². The highest BCUT2D eigenvalue weighted by molar-refractivity contribution is 5.62. The van der Waals surface area contributed by atoms with Gasteiger partial charge in [0.2, 0.25) is 0 Å². The fourth-order valence-corrected chi connectivity index (χ4v) is 1.55. The minimum Gasteiger partial charge on any atom is -0.278 e. The Kier molecular flexibility index (Phi) is 2.80. The average molecular weight is 197 g/mol. The van der Waals surface area contributed by atoms with E-state index in [4.69, 9.17) is 5.26 Å². The summed E-state index contributed by atoms with van der Waals surface area (Å²) in [6.07, 6.45) is 3.07. The van der Waals surface area contributed by atoms with Crippen LogP contribution in [0.3, 0.4) is 0 Å². The molecule has 0 aliphatic rings. The minimum absolute atomic E-state index is 0.527. The molecule has 0 radical (unpaired) electrons. The summed E-state index contributed by atoms with van der Waals surface area (Å²) in [4.78, 5) is 0. The number of H-pyrrole nitrogens is 1. The maximum Gasteiger partial charge on any atom is 0.0682 e. The first-order valence-electron chi connectivity index (χ1n) is 4.86. The Balaban J connectivity index is 2.30. The third-order valence-corrected chi connectivity index (χ3v) is 2.29. The van der Waals surface area contributed by atoms with Gasteiger partial charge in [-0.1, -0.05) is 30.3 Å². The molecule has 1 N–H and O–H groups in total. The van der Waals surface area contributed by atoms with Gasteiger partial charge in [0, 0.05) is 6.42 Å². The van der Waals surface area contributed by atoms with E-state index in [0.717, 1.165) is 23.2 Å². The zero-order valence-corrected chi connectivity index (χ0v) is 8.27. The van der Waals surface area contributed by atoms with Crippen LogP contribution in [0.1, 0.15) is 12.0 Å². The molecule has 0 atom stereocenters. The first-order valence-corrected chi connectivity index (χ1v) is 4.86. The summed E-state index contributed by atoms with van der Waals surface area (Å²) < 4.78 is 0. The Bertz CT molecular complexity index is 465. The van der Waals surface area contributed by atoms with E-state index in [0.29, 0.717) is 6.42 Å². The molecule has 0 fully saturated rings. The Morgan fingerprint density at radius 1 is 1.27 bits per heavy atom. The lowest BCUT2D eigenvalue weighted by atomic mass is 10.1. The maximum atomic E-state index is 8.55. The maximum absolute atomic E-state index is 8.55. The Hall–Kier alpha value is -2.08. The molecule has 0 saturated heterocycles. The van der Waals surface area contributed by atoms with Gasteiger partial charge in [-0.2, -0.15) is 10.4 Å². The zero-order chi connectivity index (χ0) is 10.5. The molecule has 1 heterocycles. The van der Waals surface area contributed by atoms with Crippen molar-refractivity contribution in [3.05, 3.63) is 42.1 Å². The van der Waals surface area contributed by atoms with Gasteiger partial charge in [0.05, 0.1) is 18.0 Å². The molecule has 0 aliphatic heterocycles. The van der Waals surface area contributed by atoms with E-state index in [9.17, 15) is 0 Å². The van der Waals surface area contributed by atoms with Crippen LogP contribution in [0, 0.1) is 11.3 Å². The molecule has 15 heavy (non-hydrogen) atoms. The van der Waals surface area contributed by atoms with E-state index >= 15 is 0 Å². The van der Waals surface area contributed by atoms with Crippen molar-refractivity contribution >= 4 is 0 Å². The predicted molar refractivity (Wildman–Crippen MR) is 58.0 cm³/mol. The van der Waals surface area contributed by atoms with Gasteiger partial charge in [-0.15, -0.1) is 0 Å². The molecule has 1 aromatic carbocycles. The molecule has 2 aromatic rings. The minimum atomic E-state index is 0.527. The van der Waals surface area contributed by atoms with Crippen LogP contribution in [0.2, 0.25) is 0 Å². The van der Waals surface area contributed by atoms with Gasteiger partial charge in [0.1, 0.15) is 0 Å². The summed E-state index contributed by atoms with van der Waals surface area (Å²) >= 11 is 0. The van der Waals surface area contributed by atoms with Crippen molar-refractivity contribution in [2.75, 3.05) is 0 Å². The largest absolute Gasteiger partial charge is 0.278 e. The molecule has 0 saturated carbocycles. The number of hydrogen-bond acceptors (Lipinski definition) is 2. The van der Waals surface area contributed by atoms with Crippen molar-refractivity contribution in [3.8, 4) is 17.3 Å². The molecule has 3 heteroatoms. The third kappa shape index (κ3) is 2.05. The zero-order valence-electron chi connectivity index (χ0n) is 8.27. The van der Waals surface area contributed by atoms with Crippen LogP contribution in [0.25, 0.3) is 11.3 Å². The Morgan fingerprint density at radius 3 is 2.80 bits per heavy atom. The Labute approximate surface area is 88.4 Å². The molecule has 0 unspecified atom stereocenters. The lowest BCUT2D eigenvalue weighted by Gasteiger charge is -2.00. The molecule has 2 rings (SSSR count). The number of hydrogen-bond donors (Lipinski definition) is 1. The van der Waals surface area contributed by atoms with Crippen LogP contribution in [0.4, 0.5) is 0 Å². The summed E-state index contributed by atoms with van der Waals surface area (Å²) in [5, 5.41) is 15.5. The van der Waals surface area contributed by atoms with E-state index in [1.165, 1.54) is 0 Å². The summed E-state index contributed by atoms with van der Waals surface area (Å²) in [6.45, 7) is 0. The average Bonchev–Trinajstić information content (AvgIpc) is 2.75. The monoisotopic (exact) mass is 197 g/mol. The molecular weight excluding hydrogens is 186 g/mol. The fraction of sp³-hybridized carbons (Fsp3) is 0.167. The van der Waals surface area contributed by atoms with Gasteiger partial charge >= 0.3 is 0 Å². The SMILES string of the molecule is N#CCCc1cn[nH]c1-c1ccccc1. The first-order chi connectivity index (χ1) is 7.42. The van der Waals surface area contributed by atoms with E-state index in [1.54, 1.807) is 6.20 Å². The van der Waals surface area contributed by atoms with Crippen LogP contribution < -0.4 is 0 Å². The quantitative estimate of drug-likeness (QED) is 0.822.